The number of tetrazole rings is 1. The third kappa shape index (κ3) is 2.28. The zero-order valence-corrected chi connectivity index (χ0v) is 12.5. The highest BCUT2D eigenvalue weighted by Crippen LogP contribution is 2.29. The van der Waals surface area contributed by atoms with Crippen LogP contribution in [0, 0.1) is 0 Å². The first kappa shape index (κ1) is 13.1. The second-order valence-corrected chi connectivity index (χ2v) is 5.39. The molecule has 0 aliphatic rings. The Morgan fingerprint density at radius 2 is 1.95 bits per heavy atom. The lowest BCUT2D eigenvalue weighted by Gasteiger charge is -2.08. The van der Waals surface area contributed by atoms with E-state index >= 15 is 0 Å². The first-order valence-corrected chi connectivity index (χ1v) is 6.92. The van der Waals surface area contributed by atoms with E-state index in [0.717, 1.165) is 15.7 Å². The minimum absolute atomic E-state index is 0.528. The summed E-state index contributed by atoms with van der Waals surface area (Å²) < 4.78 is 2.52. The fourth-order valence-electron chi connectivity index (χ4n) is 1.88. The van der Waals surface area contributed by atoms with Crippen LogP contribution in [0.5, 0.6) is 0 Å². The lowest BCUT2D eigenvalue weighted by molar-refractivity contribution is 0.789. The summed E-state index contributed by atoms with van der Waals surface area (Å²) in [6, 6.07) is 12.9. The van der Waals surface area contributed by atoms with Gasteiger partial charge in [-0.2, -0.15) is 4.68 Å². The number of para-hydroxylation sites is 1. The number of aromatic nitrogens is 4. The molecule has 20 heavy (non-hydrogen) atoms. The smallest absolute Gasteiger partial charge is 0.189 e. The van der Waals surface area contributed by atoms with E-state index in [9.17, 15) is 0 Å². The Kier molecular flexibility index (Phi) is 3.42. The molecule has 1 aromatic heterocycles. The summed E-state index contributed by atoms with van der Waals surface area (Å²) in [5.41, 5.74) is 8.09. The van der Waals surface area contributed by atoms with E-state index in [-0.39, 0.29) is 0 Å². The van der Waals surface area contributed by atoms with Crippen LogP contribution in [0.25, 0.3) is 17.1 Å². The third-order valence-corrected chi connectivity index (χ3v) is 3.71. The van der Waals surface area contributed by atoms with E-state index in [1.54, 1.807) is 22.9 Å². The average Bonchev–Trinajstić information content (AvgIpc) is 2.88. The Labute approximate surface area is 128 Å². The van der Waals surface area contributed by atoms with Crippen LogP contribution < -0.4 is 5.73 Å². The van der Waals surface area contributed by atoms with Crippen LogP contribution in [-0.4, -0.2) is 20.2 Å². The average molecular weight is 351 g/mol. The Morgan fingerprint density at radius 1 is 1.15 bits per heavy atom. The minimum atomic E-state index is 0.528. The van der Waals surface area contributed by atoms with Crippen LogP contribution >= 0.6 is 27.5 Å². The molecule has 0 saturated heterocycles. The molecule has 0 aliphatic heterocycles. The summed E-state index contributed by atoms with van der Waals surface area (Å²) >= 11 is 9.40. The maximum Gasteiger partial charge on any atom is 0.189 e. The number of rotatable bonds is 2. The van der Waals surface area contributed by atoms with Gasteiger partial charge in [-0.3, -0.25) is 0 Å². The Hall–Kier alpha value is -1.92. The van der Waals surface area contributed by atoms with Gasteiger partial charge in [-0.05, 0) is 56.7 Å². The van der Waals surface area contributed by atoms with Crippen LogP contribution in [0.15, 0.2) is 46.9 Å². The van der Waals surface area contributed by atoms with Gasteiger partial charge in [0.25, 0.3) is 0 Å². The molecule has 0 unspecified atom stereocenters. The fraction of sp³-hybridized carbons (Fsp3) is 0. The summed E-state index contributed by atoms with van der Waals surface area (Å²) in [5, 5.41) is 12.4. The monoisotopic (exact) mass is 349 g/mol. The van der Waals surface area contributed by atoms with Gasteiger partial charge in [0.15, 0.2) is 5.82 Å². The highest BCUT2D eigenvalue weighted by atomic mass is 79.9. The van der Waals surface area contributed by atoms with Crippen LogP contribution in [0.3, 0.4) is 0 Å². The van der Waals surface area contributed by atoms with Crippen molar-refractivity contribution in [2.45, 2.75) is 0 Å². The molecule has 0 saturated carbocycles. The maximum absolute atomic E-state index is 5.99. The number of nitrogens with two attached hydrogens (primary N) is 1. The molecule has 0 atom stereocenters. The lowest BCUT2D eigenvalue weighted by atomic mass is 10.1. The van der Waals surface area contributed by atoms with E-state index < -0.39 is 0 Å². The quantitative estimate of drug-likeness (QED) is 0.720. The van der Waals surface area contributed by atoms with Crippen LogP contribution in [-0.2, 0) is 0 Å². The topological polar surface area (TPSA) is 69.6 Å². The number of hydrogen-bond donors (Lipinski definition) is 1. The molecular formula is C13H9BrClN5. The van der Waals surface area contributed by atoms with E-state index in [2.05, 4.69) is 31.5 Å². The maximum atomic E-state index is 5.99. The standard InChI is InChI=1S/C13H9BrClN5/c14-10-3-1-2-4-12(10)20-13(17-18-19-20)9-6-5-8(15)7-11(9)16/h1-7H,16H2. The number of hydrogen-bond acceptors (Lipinski definition) is 4. The predicted molar refractivity (Wildman–Crippen MR) is 81.7 cm³/mol. The first-order chi connectivity index (χ1) is 9.66. The van der Waals surface area contributed by atoms with Crippen molar-refractivity contribution in [3.8, 4) is 17.1 Å². The van der Waals surface area contributed by atoms with Gasteiger partial charge in [-0.15, -0.1) is 5.10 Å². The molecule has 0 amide bonds. The molecule has 0 spiro atoms. The van der Waals surface area contributed by atoms with Gasteiger partial charge >= 0.3 is 0 Å². The van der Waals surface area contributed by atoms with Gasteiger partial charge < -0.3 is 5.73 Å². The van der Waals surface area contributed by atoms with Crippen molar-refractivity contribution < 1.29 is 0 Å². The van der Waals surface area contributed by atoms with E-state index in [0.29, 0.717) is 16.5 Å². The van der Waals surface area contributed by atoms with Gasteiger partial charge in [-0.1, -0.05) is 23.7 Å². The Morgan fingerprint density at radius 3 is 2.70 bits per heavy atom. The second kappa shape index (κ2) is 5.22. The molecule has 5 nitrogen and oxygen atoms in total. The van der Waals surface area contributed by atoms with Crippen molar-refractivity contribution in [1.29, 1.82) is 0 Å². The third-order valence-electron chi connectivity index (χ3n) is 2.80. The summed E-state index contributed by atoms with van der Waals surface area (Å²) in [5.74, 6) is 0.561. The van der Waals surface area contributed by atoms with Crippen LogP contribution in [0.2, 0.25) is 5.02 Å². The normalized spacial score (nSPS) is 10.7. The molecule has 100 valence electrons. The molecule has 3 aromatic rings. The zero-order valence-electron chi connectivity index (χ0n) is 10.2. The van der Waals surface area contributed by atoms with E-state index in [1.165, 1.54) is 0 Å². The number of nitrogen functional groups attached to an aromatic ring is 1. The molecular weight excluding hydrogens is 342 g/mol. The predicted octanol–water partition coefficient (Wildman–Crippen LogP) is 3.33. The molecule has 0 bridgehead atoms. The van der Waals surface area contributed by atoms with Crippen molar-refractivity contribution in [3.63, 3.8) is 0 Å². The molecule has 0 fully saturated rings. The van der Waals surface area contributed by atoms with Crippen molar-refractivity contribution >= 4 is 33.2 Å². The van der Waals surface area contributed by atoms with E-state index in [4.69, 9.17) is 17.3 Å². The van der Waals surface area contributed by atoms with Crippen LogP contribution in [0.1, 0.15) is 0 Å². The number of nitrogens with zero attached hydrogens (tertiary/aromatic N) is 4. The Bertz CT molecular complexity index is 771. The molecule has 2 N–H and O–H groups in total. The van der Waals surface area contributed by atoms with Crippen molar-refractivity contribution in [3.05, 3.63) is 52.0 Å². The van der Waals surface area contributed by atoms with E-state index in [1.807, 2.05) is 24.3 Å². The summed E-state index contributed by atoms with van der Waals surface area (Å²) in [6.45, 7) is 0. The van der Waals surface area contributed by atoms with Gasteiger partial charge in [0, 0.05) is 20.7 Å². The second-order valence-electron chi connectivity index (χ2n) is 4.10. The zero-order chi connectivity index (χ0) is 14.1. The number of anilines is 1. The lowest BCUT2D eigenvalue weighted by Crippen LogP contribution is -2.02. The summed E-state index contributed by atoms with van der Waals surface area (Å²) in [6.07, 6.45) is 0. The fourth-order valence-corrected chi connectivity index (χ4v) is 2.51. The van der Waals surface area contributed by atoms with Crippen molar-refractivity contribution in [1.82, 2.24) is 20.2 Å². The largest absolute Gasteiger partial charge is 0.398 e. The SMILES string of the molecule is Nc1cc(Cl)ccc1-c1nnnn1-c1ccccc1Br. The molecule has 1 heterocycles. The van der Waals surface area contributed by atoms with Crippen molar-refractivity contribution in [2.24, 2.45) is 0 Å². The minimum Gasteiger partial charge on any atom is -0.398 e. The summed E-state index contributed by atoms with van der Waals surface area (Å²) in [7, 11) is 0. The van der Waals surface area contributed by atoms with Gasteiger partial charge in [0.05, 0.1) is 5.69 Å². The van der Waals surface area contributed by atoms with Gasteiger partial charge in [0.2, 0.25) is 0 Å². The number of halogens is 2. The van der Waals surface area contributed by atoms with Gasteiger partial charge in [-0.25, -0.2) is 0 Å². The highest BCUT2D eigenvalue weighted by Gasteiger charge is 2.15. The van der Waals surface area contributed by atoms with Crippen molar-refractivity contribution in [2.75, 3.05) is 5.73 Å². The van der Waals surface area contributed by atoms with Crippen LogP contribution in [0.4, 0.5) is 5.69 Å². The first-order valence-electron chi connectivity index (χ1n) is 5.75. The molecule has 2 aromatic carbocycles. The molecule has 0 radical (unpaired) electrons. The number of benzene rings is 2. The molecule has 0 aliphatic carbocycles. The summed E-state index contributed by atoms with van der Waals surface area (Å²) in [4.78, 5) is 0. The molecule has 7 heteroatoms. The Balaban J connectivity index is 2.18. The van der Waals surface area contributed by atoms with Gasteiger partial charge in [0.1, 0.15) is 0 Å². The molecule has 3 rings (SSSR count). The highest BCUT2D eigenvalue weighted by molar-refractivity contribution is 9.10.